The van der Waals surface area contributed by atoms with E-state index in [-0.39, 0.29) is 17.7 Å². The second-order valence-electron chi connectivity index (χ2n) is 6.77. The molecule has 4 rings (SSSR count). The molecule has 0 bridgehead atoms. The van der Waals surface area contributed by atoms with Gasteiger partial charge in [0.25, 0.3) is 5.56 Å². The third-order valence-electron chi connectivity index (χ3n) is 4.90. The minimum absolute atomic E-state index is 0.00534. The number of nitrogens with one attached hydrogen (secondary N) is 3. The molecular formula is C16H19BrClN5O2. The van der Waals surface area contributed by atoms with Crippen LogP contribution in [-0.2, 0) is 6.54 Å². The molecule has 2 aliphatic heterocycles. The molecule has 7 nitrogen and oxygen atoms in total. The number of rotatable bonds is 4. The Morgan fingerprint density at radius 2 is 2.24 bits per heavy atom. The van der Waals surface area contributed by atoms with E-state index in [2.05, 4.69) is 37.1 Å². The van der Waals surface area contributed by atoms with Crippen LogP contribution in [0.3, 0.4) is 0 Å². The lowest BCUT2D eigenvalue weighted by Gasteiger charge is -2.31. The molecule has 134 valence electrons. The van der Waals surface area contributed by atoms with Gasteiger partial charge in [0.05, 0.1) is 34.9 Å². The number of aliphatic hydroxyl groups excluding tert-OH is 1. The van der Waals surface area contributed by atoms with Gasteiger partial charge in [-0.05, 0) is 47.4 Å². The SMILES string of the molecule is O=c1c2cc(Cl)c(Br)cc2ncn1CC1(CC2NCCCC2O)NN1. The van der Waals surface area contributed by atoms with Gasteiger partial charge in [0.1, 0.15) is 5.66 Å². The zero-order chi connectivity index (χ0) is 17.6. The highest BCUT2D eigenvalue weighted by Gasteiger charge is 2.45. The van der Waals surface area contributed by atoms with Crippen LogP contribution in [0.5, 0.6) is 0 Å². The normalized spacial score (nSPS) is 25.2. The molecule has 2 unspecified atom stereocenters. The van der Waals surface area contributed by atoms with E-state index in [0.717, 1.165) is 19.4 Å². The van der Waals surface area contributed by atoms with Gasteiger partial charge in [-0.25, -0.2) is 15.8 Å². The molecule has 2 aromatic rings. The van der Waals surface area contributed by atoms with E-state index < -0.39 is 5.66 Å². The average molecular weight is 429 g/mol. The lowest BCUT2D eigenvalue weighted by atomic mass is 9.94. The van der Waals surface area contributed by atoms with Crippen LogP contribution >= 0.6 is 27.5 Å². The lowest BCUT2D eigenvalue weighted by molar-refractivity contribution is 0.0851. The first kappa shape index (κ1) is 17.4. The molecule has 0 amide bonds. The summed E-state index contributed by atoms with van der Waals surface area (Å²) < 4.78 is 2.29. The van der Waals surface area contributed by atoms with Gasteiger partial charge in [0.2, 0.25) is 0 Å². The van der Waals surface area contributed by atoms with Gasteiger partial charge in [0, 0.05) is 16.9 Å². The fraction of sp³-hybridized carbons (Fsp3) is 0.500. The van der Waals surface area contributed by atoms with Crippen LogP contribution < -0.4 is 21.7 Å². The van der Waals surface area contributed by atoms with E-state index >= 15 is 0 Å². The number of hydrazine groups is 1. The second-order valence-corrected chi connectivity index (χ2v) is 8.03. The van der Waals surface area contributed by atoms with E-state index in [4.69, 9.17) is 11.6 Å². The zero-order valence-electron chi connectivity index (χ0n) is 13.4. The van der Waals surface area contributed by atoms with Gasteiger partial charge < -0.3 is 10.4 Å². The third kappa shape index (κ3) is 3.47. The number of aromatic nitrogens is 2. The Morgan fingerprint density at radius 3 is 2.96 bits per heavy atom. The molecule has 2 fully saturated rings. The average Bonchev–Trinajstić information content (AvgIpc) is 3.34. The van der Waals surface area contributed by atoms with Gasteiger partial charge in [-0.1, -0.05) is 11.6 Å². The monoisotopic (exact) mass is 427 g/mol. The van der Waals surface area contributed by atoms with Crippen LogP contribution in [-0.4, -0.2) is 39.0 Å². The highest BCUT2D eigenvalue weighted by Crippen LogP contribution is 2.27. The fourth-order valence-electron chi connectivity index (χ4n) is 3.41. The van der Waals surface area contributed by atoms with Crippen molar-refractivity contribution >= 4 is 38.4 Å². The Labute approximate surface area is 157 Å². The van der Waals surface area contributed by atoms with Gasteiger partial charge in [-0.3, -0.25) is 9.36 Å². The summed E-state index contributed by atoms with van der Waals surface area (Å²) in [6.07, 6.45) is 3.66. The summed E-state index contributed by atoms with van der Waals surface area (Å²) in [4.78, 5) is 17.2. The molecular weight excluding hydrogens is 410 g/mol. The van der Waals surface area contributed by atoms with Crippen molar-refractivity contribution in [2.24, 2.45) is 0 Å². The molecule has 3 heterocycles. The molecule has 0 spiro atoms. The first-order chi connectivity index (χ1) is 12.0. The number of hydrogen-bond acceptors (Lipinski definition) is 6. The molecule has 9 heteroatoms. The van der Waals surface area contributed by atoms with Crippen LogP contribution in [0.4, 0.5) is 0 Å². The van der Waals surface area contributed by atoms with Crippen LogP contribution in [0.1, 0.15) is 19.3 Å². The number of fused-ring (bicyclic) bond motifs is 1. The number of piperidine rings is 1. The molecule has 0 saturated carbocycles. The van der Waals surface area contributed by atoms with Crippen molar-refractivity contribution in [1.29, 1.82) is 0 Å². The number of nitrogens with zero attached hydrogens (tertiary/aromatic N) is 2. The predicted molar refractivity (Wildman–Crippen MR) is 99.4 cm³/mol. The Balaban J connectivity index is 1.59. The molecule has 25 heavy (non-hydrogen) atoms. The van der Waals surface area contributed by atoms with Gasteiger partial charge in [-0.2, -0.15) is 0 Å². The maximum atomic E-state index is 12.8. The van der Waals surface area contributed by atoms with Crippen LogP contribution in [0.15, 0.2) is 27.7 Å². The van der Waals surface area contributed by atoms with E-state index in [1.165, 1.54) is 0 Å². The quantitative estimate of drug-likeness (QED) is 0.543. The van der Waals surface area contributed by atoms with Crippen molar-refractivity contribution in [2.75, 3.05) is 6.54 Å². The zero-order valence-corrected chi connectivity index (χ0v) is 15.8. The van der Waals surface area contributed by atoms with E-state index in [9.17, 15) is 9.90 Å². The van der Waals surface area contributed by atoms with Crippen LogP contribution in [0.25, 0.3) is 10.9 Å². The molecule has 1 aromatic carbocycles. The highest BCUT2D eigenvalue weighted by molar-refractivity contribution is 9.10. The fourth-order valence-corrected chi connectivity index (χ4v) is 3.91. The Hall–Kier alpha value is -1.03. The Morgan fingerprint density at radius 1 is 1.44 bits per heavy atom. The number of benzene rings is 1. The Kier molecular flexibility index (Phi) is 4.59. The minimum Gasteiger partial charge on any atom is -0.392 e. The minimum atomic E-state index is -0.408. The first-order valence-corrected chi connectivity index (χ1v) is 9.44. The summed E-state index contributed by atoms with van der Waals surface area (Å²) in [6.45, 7) is 1.33. The standard InChI is InChI=1S/C16H19BrClN5O2/c17-10-5-12-9(4-11(10)18)15(25)23(8-20-12)7-16(21-22-16)6-13-14(24)2-1-3-19-13/h4-5,8,13-14,19,21-22,24H,1-3,6-7H2. The van der Waals surface area contributed by atoms with Gasteiger partial charge >= 0.3 is 0 Å². The number of hydrogen-bond donors (Lipinski definition) is 4. The maximum Gasteiger partial charge on any atom is 0.261 e. The molecule has 0 radical (unpaired) electrons. The number of halogens is 2. The number of aliphatic hydroxyl groups is 1. The summed E-state index contributed by atoms with van der Waals surface area (Å²) in [5.41, 5.74) is 6.34. The summed E-state index contributed by atoms with van der Waals surface area (Å²) in [5.74, 6) is 0. The first-order valence-electron chi connectivity index (χ1n) is 8.27. The Bertz CT molecular complexity index is 869. The molecule has 0 aliphatic carbocycles. The van der Waals surface area contributed by atoms with Crippen molar-refractivity contribution < 1.29 is 5.11 Å². The smallest absolute Gasteiger partial charge is 0.261 e. The van der Waals surface area contributed by atoms with E-state index in [0.29, 0.717) is 33.4 Å². The topological polar surface area (TPSA) is 111 Å². The largest absolute Gasteiger partial charge is 0.392 e. The summed E-state index contributed by atoms with van der Waals surface area (Å²) >= 11 is 9.47. The molecule has 2 saturated heterocycles. The van der Waals surface area contributed by atoms with Crippen molar-refractivity contribution in [3.63, 3.8) is 0 Å². The van der Waals surface area contributed by atoms with E-state index in [1.54, 1.807) is 23.0 Å². The van der Waals surface area contributed by atoms with Crippen LogP contribution in [0.2, 0.25) is 5.02 Å². The maximum absolute atomic E-state index is 12.8. The van der Waals surface area contributed by atoms with Gasteiger partial charge in [-0.15, -0.1) is 0 Å². The third-order valence-corrected chi connectivity index (χ3v) is 6.10. The molecule has 2 atom stereocenters. The molecule has 2 aliphatic rings. The highest BCUT2D eigenvalue weighted by atomic mass is 79.9. The van der Waals surface area contributed by atoms with Crippen molar-refractivity contribution in [2.45, 2.75) is 43.6 Å². The molecule has 4 N–H and O–H groups in total. The van der Waals surface area contributed by atoms with Crippen molar-refractivity contribution in [3.8, 4) is 0 Å². The summed E-state index contributed by atoms with van der Waals surface area (Å²) in [5, 5.41) is 14.5. The molecule has 1 aromatic heterocycles. The second kappa shape index (κ2) is 6.61. The van der Waals surface area contributed by atoms with Crippen molar-refractivity contribution in [1.82, 2.24) is 25.7 Å². The van der Waals surface area contributed by atoms with E-state index in [1.807, 2.05) is 0 Å². The lowest BCUT2D eigenvalue weighted by Crippen LogP contribution is -2.49. The predicted octanol–water partition coefficient (Wildman–Crippen LogP) is 1.12. The summed E-state index contributed by atoms with van der Waals surface area (Å²) in [7, 11) is 0. The van der Waals surface area contributed by atoms with Gasteiger partial charge in [0.15, 0.2) is 0 Å². The van der Waals surface area contributed by atoms with Crippen LogP contribution in [0, 0.1) is 0 Å². The van der Waals surface area contributed by atoms with Crippen molar-refractivity contribution in [3.05, 3.63) is 38.3 Å². The summed E-state index contributed by atoms with van der Waals surface area (Å²) in [6, 6.07) is 3.39.